The Morgan fingerprint density at radius 3 is 2.41 bits per heavy atom. The fraction of sp³-hybridized carbons (Fsp3) is 0.276. The van der Waals surface area contributed by atoms with E-state index in [9.17, 15) is 4.79 Å². The molecule has 4 nitrogen and oxygen atoms in total. The number of amides is 1. The van der Waals surface area contributed by atoms with E-state index in [4.69, 9.17) is 11.6 Å². The maximum Gasteiger partial charge on any atom is 0.223 e. The number of rotatable bonds is 5. The molecule has 0 bridgehead atoms. The zero-order chi connectivity index (χ0) is 23.7. The largest absolute Gasteiger partial charge is 0.368 e. The zero-order valence-electron chi connectivity index (χ0n) is 19.7. The summed E-state index contributed by atoms with van der Waals surface area (Å²) in [5.41, 5.74) is 5.94. The summed E-state index contributed by atoms with van der Waals surface area (Å²) in [4.78, 5) is 17.9. The molecule has 5 heteroatoms. The Balaban J connectivity index is 1.37. The summed E-state index contributed by atoms with van der Waals surface area (Å²) < 4.78 is 2.17. The summed E-state index contributed by atoms with van der Waals surface area (Å²) in [6, 6.07) is 25.0. The van der Waals surface area contributed by atoms with Crippen LogP contribution in [-0.4, -0.2) is 41.6 Å². The van der Waals surface area contributed by atoms with Gasteiger partial charge in [-0.2, -0.15) is 0 Å². The maximum atomic E-state index is 13.5. The van der Waals surface area contributed by atoms with Crippen molar-refractivity contribution >= 4 is 34.1 Å². The number of halogens is 1. The quantitative estimate of drug-likeness (QED) is 0.356. The van der Waals surface area contributed by atoms with Gasteiger partial charge in [-0.25, -0.2) is 0 Å². The Morgan fingerprint density at radius 2 is 1.68 bits per heavy atom. The third-order valence-corrected chi connectivity index (χ3v) is 7.20. The number of carbonyl (C=O) groups excluding carboxylic acids is 1. The number of anilines is 1. The molecule has 1 amide bonds. The number of aromatic nitrogens is 1. The maximum absolute atomic E-state index is 13.5. The summed E-state index contributed by atoms with van der Waals surface area (Å²) in [5.74, 6) is 0.231. The number of fused-ring (bicyclic) bond motifs is 1. The van der Waals surface area contributed by atoms with Crippen LogP contribution in [-0.2, 0) is 11.8 Å². The van der Waals surface area contributed by atoms with E-state index >= 15 is 0 Å². The molecule has 0 N–H and O–H groups in total. The average molecular weight is 472 g/mol. The standard InChI is InChI=1S/C29H30ClN3O/c1-21-10-12-22(13-11-21)26(27-20-31(2)28-9-4-3-8-25(27)28)19-29(34)33-16-14-32(15-17-33)24-7-5-6-23(30)18-24/h3-13,18,20,26H,14-17,19H2,1-2H3/t26-/m0/s1. The summed E-state index contributed by atoms with van der Waals surface area (Å²) in [7, 11) is 2.08. The van der Waals surface area contributed by atoms with Crippen molar-refractivity contribution in [3.05, 3.63) is 101 Å². The van der Waals surface area contributed by atoms with Crippen LogP contribution in [0, 0.1) is 6.92 Å². The minimum atomic E-state index is 0.0187. The van der Waals surface area contributed by atoms with Crippen LogP contribution < -0.4 is 4.90 Å². The van der Waals surface area contributed by atoms with Gasteiger partial charge in [-0.3, -0.25) is 4.79 Å². The molecule has 0 unspecified atom stereocenters. The van der Waals surface area contributed by atoms with E-state index in [1.807, 2.05) is 23.1 Å². The highest BCUT2D eigenvalue weighted by molar-refractivity contribution is 6.30. The van der Waals surface area contributed by atoms with Crippen LogP contribution in [0.25, 0.3) is 10.9 Å². The molecule has 4 aromatic rings. The van der Waals surface area contributed by atoms with Crippen LogP contribution in [0.3, 0.4) is 0 Å². The highest BCUT2D eigenvalue weighted by Gasteiger charge is 2.27. The normalized spacial score (nSPS) is 15.0. The fourth-order valence-corrected chi connectivity index (χ4v) is 5.23. The predicted molar refractivity (Wildman–Crippen MR) is 141 cm³/mol. The molecular formula is C29H30ClN3O. The lowest BCUT2D eigenvalue weighted by Crippen LogP contribution is -2.49. The number of aryl methyl sites for hydroxylation is 2. The fourth-order valence-electron chi connectivity index (χ4n) is 5.05. The molecule has 1 aromatic heterocycles. The van der Waals surface area contributed by atoms with Crippen LogP contribution >= 0.6 is 11.6 Å². The number of piperazine rings is 1. The van der Waals surface area contributed by atoms with E-state index in [1.165, 1.54) is 27.6 Å². The molecule has 0 aliphatic carbocycles. The Labute approximate surface area is 206 Å². The van der Waals surface area contributed by atoms with Crippen LogP contribution in [0.1, 0.15) is 29.0 Å². The molecule has 5 rings (SSSR count). The second kappa shape index (κ2) is 9.55. The van der Waals surface area contributed by atoms with E-state index < -0.39 is 0 Å². The van der Waals surface area contributed by atoms with Crippen molar-refractivity contribution in [2.45, 2.75) is 19.3 Å². The Bertz CT molecular complexity index is 1300. The molecule has 1 atom stereocenters. The second-order valence-electron chi connectivity index (χ2n) is 9.23. The van der Waals surface area contributed by atoms with E-state index in [0.717, 1.165) is 36.9 Å². The molecule has 3 aromatic carbocycles. The molecule has 1 saturated heterocycles. The van der Waals surface area contributed by atoms with Gasteiger partial charge in [0.05, 0.1) is 0 Å². The lowest BCUT2D eigenvalue weighted by molar-refractivity contribution is -0.131. The number of hydrogen-bond donors (Lipinski definition) is 0. The summed E-state index contributed by atoms with van der Waals surface area (Å²) in [5, 5.41) is 1.96. The minimum Gasteiger partial charge on any atom is -0.368 e. The molecule has 1 fully saturated rings. The van der Waals surface area contributed by atoms with Crippen LogP contribution in [0.2, 0.25) is 5.02 Å². The van der Waals surface area contributed by atoms with Gasteiger partial charge in [0, 0.05) is 73.4 Å². The summed E-state index contributed by atoms with van der Waals surface area (Å²) in [6.07, 6.45) is 2.66. The third kappa shape index (κ3) is 4.55. The minimum absolute atomic E-state index is 0.0187. The van der Waals surface area contributed by atoms with Crippen LogP contribution in [0.5, 0.6) is 0 Å². The molecule has 174 valence electrons. The molecular weight excluding hydrogens is 442 g/mol. The first-order valence-corrected chi connectivity index (χ1v) is 12.3. The topological polar surface area (TPSA) is 28.5 Å². The number of nitrogens with zero attached hydrogens (tertiary/aromatic N) is 3. The Kier molecular flexibility index (Phi) is 6.34. The van der Waals surface area contributed by atoms with Crippen molar-refractivity contribution in [2.75, 3.05) is 31.1 Å². The SMILES string of the molecule is Cc1ccc([C@H](CC(=O)N2CCN(c3cccc(Cl)c3)CC2)c2cn(C)c3ccccc23)cc1. The highest BCUT2D eigenvalue weighted by Crippen LogP contribution is 2.35. The smallest absolute Gasteiger partial charge is 0.223 e. The molecule has 0 saturated carbocycles. The number of para-hydroxylation sites is 1. The van der Waals surface area contributed by atoms with Gasteiger partial charge in [-0.15, -0.1) is 0 Å². The first-order chi connectivity index (χ1) is 16.5. The summed E-state index contributed by atoms with van der Waals surface area (Å²) >= 11 is 6.18. The third-order valence-electron chi connectivity index (χ3n) is 6.97. The van der Waals surface area contributed by atoms with Crippen LogP contribution in [0.4, 0.5) is 5.69 Å². The van der Waals surface area contributed by atoms with Crippen LogP contribution in [0.15, 0.2) is 79.0 Å². The lowest BCUT2D eigenvalue weighted by Gasteiger charge is -2.36. The van der Waals surface area contributed by atoms with Crippen molar-refractivity contribution in [1.29, 1.82) is 0 Å². The van der Waals surface area contributed by atoms with E-state index in [1.54, 1.807) is 0 Å². The van der Waals surface area contributed by atoms with Crippen molar-refractivity contribution in [2.24, 2.45) is 7.05 Å². The van der Waals surface area contributed by atoms with E-state index in [2.05, 4.69) is 84.2 Å². The molecule has 2 heterocycles. The average Bonchev–Trinajstić information content (AvgIpc) is 3.19. The van der Waals surface area contributed by atoms with Crippen molar-refractivity contribution in [3.63, 3.8) is 0 Å². The van der Waals surface area contributed by atoms with Gasteiger partial charge in [0.2, 0.25) is 5.91 Å². The monoisotopic (exact) mass is 471 g/mol. The number of benzene rings is 3. The first kappa shape index (κ1) is 22.5. The van der Waals surface area contributed by atoms with Gasteiger partial charge in [-0.05, 0) is 42.3 Å². The highest BCUT2D eigenvalue weighted by atomic mass is 35.5. The van der Waals surface area contributed by atoms with Crippen molar-refractivity contribution in [3.8, 4) is 0 Å². The number of carbonyl (C=O) groups is 1. The van der Waals surface area contributed by atoms with Gasteiger partial charge in [0.1, 0.15) is 0 Å². The number of hydrogen-bond acceptors (Lipinski definition) is 2. The van der Waals surface area contributed by atoms with Crippen molar-refractivity contribution < 1.29 is 4.79 Å². The second-order valence-corrected chi connectivity index (χ2v) is 9.66. The van der Waals surface area contributed by atoms with Crippen molar-refractivity contribution in [1.82, 2.24) is 9.47 Å². The van der Waals surface area contributed by atoms with E-state index in [-0.39, 0.29) is 11.8 Å². The molecule has 1 aliphatic rings. The van der Waals surface area contributed by atoms with Gasteiger partial charge >= 0.3 is 0 Å². The Hall–Kier alpha value is -3.24. The zero-order valence-corrected chi connectivity index (χ0v) is 20.5. The lowest BCUT2D eigenvalue weighted by atomic mass is 9.87. The molecule has 34 heavy (non-hydrogen) atoms. The van der Waals surface area contributed by atoms with Gasteiger partial charge < -0.3 is 14.4 Å². The van der Waals surface area contributed by atoms with E-state index in [0.29, 0.717) is 6.42 Å². The first-order valence-electron chi connectivity index (χ1n) is 11.9. The Morgan fingerprint density at radius 1 is 0.941 bits per heavy atom. The molecule has 0 radical (unpaired) electrons. The van der Waals surface area contributed by atoms with Gasteiger partial charge in [-0.1, -0.05) is 65.7 Å². The molecule has 0 spiro atoms. The van der Waals surface area contributed by atoms with Gasteiger partial charge in [0.15, 0.2) is 0 Å². The van der Waals surface area contributed by atoms with Gasteiger partial charge in [0.25, 0.3) is 0 Å². The predicted octanol–water partition coefficient (Wildman–Crippen LogP) is 6.01. The summed E-state index contributed by atoms with van der Waals surface area (Å²) in [6.45, 7) is 5.18. The molecule has 1 aliphatic heterocycles.